The Hall–Kier alpha value is -2.84. The van der Waals surface area contributed by atoms with Gasteiger partial charge in [-0.15, -0.1) is 0 Å². The number of sulfonamides is 1. The zero-order valence-electron chi connectivity index (χ0n) is 16.1. The average Bonchev–Trinajstić information content (AvgIpc) is 3.07. The van der Waals surface area contributed by atoms with Gasteiger partial charge in [-0.05, 0) is 38.1 Å². The fourth-order valence-electron chi connectivity index (χ4n) is 2.65. The van der Waals surface area contributed by atoms with Crippen LogP contribution >= 0.6 is 0 Å². The summed E-state index contributed by atoms with van der Waals surface area (Å²) in [5.74, 6) is 1.65. The van der Waals surface area contributed by atoms with Crippen molar-refractivity contribution in [3.05, 3.63) is 59.5 Å². The van der Waals surface area contributed by atoms with Crippen LogP contribution in [0.5, 0.6) is 11.5 Å². The van der Waals surface area contributed by atoms with Crippen LogP contribution in [0.15, 0.2) is 51.8 Å². The fourth-order valence-corrected chi connectivity index (χ4v) is 3.82. The van der Waals surface area contributed by atoms with Gasteiger partial charge >= 0.3 is 0 Å². The molecule has 0 aliphatic carbocycles. The maximum absolute atomic E-state index is 12.8. The van der Waals surface area contributed by atoms with Gasteiger partial charge in [-0.1, -0.05) is 17.7 Å². The van der Waals surface area contributed by atoms with Gasteiger partial charge in [0.15, 0.2) is 0 Å². The number of hydrogen-bond donors (Lipinski definition) is 1. The second kappa shape index (κ2) is 8.04. The molecule has 1 aromatic heterocycles. The topological polar surface area (TPSA) is 90.7 Å². The molecule has 148 valence electrons. The van der Waals surface area contributed by atoms with Crippen LogP contribution in [0, 0.1) is 13.8 Å². The molecule has 28 heavy (non-hydrogen) atoms. The van der Waals surface area contributed by atoms with Crippen molar-refractivity contribution in [3.63, 3.8) is 0 Å². The van der Waals surface area contributed by atoms with Crippen LogP contribution in [0.4, 0.5) is 0 Å². The highest BCUT2D eigenvalue weighted by Crippen LogP contribution is 2.28. The minimum Gasteiger partial charge on any atom is -0.497 e. The van der Waals surface area contributed by atoms with E-state index in [0.717, 1.165) is 11.1 Å². The Bertz CT molecular complexity index is 1070. The SMILES string of the molecule is COc1ccc(OC)c(S(=O)(=O)NCc2nc(-c3ccc(C)cc3)oc2C)c1. The molecule has 7 nitrogen and oxygen atoms in total. The van der Waals surface area contributed by atoms with E-state index >= 15 is 0 Å². The van der Waals surface area contributed by atoms with E-state index in [2.05, 4.69) is 9.71 Å². The number of rotatable bonds is 7. The van der Waals surface area contributed by atoms with Gasteiger partial charge in [0.1, 0.15) is 22.2 Å². The maximum atomic E-state index is 12.8. The van der Waals surface area contributed by atoms with Crippen LogP contribution in [0.3, 0.4) is 0 Å². The van der Waals surface area contributed by atoms with E-state index in [1.165, 1.54) is 20.3 Å². The van der Waals surface area contributed by atoms with Crippen molar-refractivity contribution in [2.24, 2.45) is 0 Å². The summed E-state index contributed by atoms with van der Waals surface area (Å²) >= 11 is 0. The Morgan fingerprint density at radius 2 is 1.75 bits per heavy atom. The highest BCUT2D eigenvalue weighted by atomic mass is 32.2. The average molecular weight is 402 g/mol. The van der Waals surface area contributed by atoms with Crippen LogP contribution < -0.4 is 14.2 Å². The first-order valence-corrected chi connectivity index (χ1v) is 10.1. The minimum absolute atomic E-state index is 0.00532. The summed E-state index contributed by atoms with van der Waals surface area (Å²) in [5.41, 5.74) is 2.48. The number of methoxy groups -OCH3 is 2. The number of aromatic nitrogens is 1. The molecule has 0 aliphatic heterocycles. The number of ether oxygens (including phenoxy) is 2. The normalized spacial score (nSPS) is 11.4. The monoisotopic (exact) mass is 402 g/mol. The van der Waals surface area contributed by atoms with Crippen LogP contribution in [-0.4, -0.2) is 27.6 Å². The predicted octanol–water partition coefficient (Wildman–Crippen LogP) is 3.45. The third kappa shape index (κ3) is 4.18. The third-order valence-corrected chi connectivity index (χ3v) is 5.70. The first-order chi connectivity index (χ1) is 13.3. The zero-order valence-corrected chi connectivity index (χ0v) is 17.0. The quantitative estimate of drug-likeness (QED) is 0.651. The van der Waals surface area contributed by atoms with E-state index in [-0.39, 0.29) is 17.2 Å². The lowest BCUT2D eigenvalue weighted by molar-refractivity contribution is 0.392. The lowest BCUT2D eigenvalue weighted by Gasteiger charge is -2.11. The lowest BCUT2D eigenvalue weighted by atomic mass is 10.1. The van der Waals surface area contributed by atoms with Crippen molar-refractivity contribution in [1.82, 2.24) is 9.71 Å². The highest BCUT2D eigenvalue weighted by Gasteiger charge is 2.22. The van der Waals surface area contributed by atoms with Crippen molar-refractivity contribution in [2.45, 2.75) is 25.3 Å². The van der Waals surface area contributed by atoms with E-state index < -0.39 is 10.0 Å². The molecular weight excluding hydrogens is 380 g/mol. The van der Waals surface area contributed by atoms with Gasteiger partial charge < -0.3 is 13.9 Å². The molecule has 8 heteroatoms. The fraction of sp³-hybridized carbons (Fsp3) is 0.250. The summed E-state index contributed by atoms with van der Waals surface area (Å²) in [6.07, 6.45) is 0. The largest absolute Gasteiger partial charge is 0.497 e. The number of oxazole rings is 1. The minimum atomic E-state index is -3.85. The molecule has 0 saturated carbocycles. The smallest absolute Gasteiger partial charge is 0.244 e. The molecule has 0 spiro atoms. The second-order valence-corrected chi connectivity index (χ2v) is 7.96. The molecule has 3 rings (SSSR count). The Morgan fingerprint density at radius 1 is 1.04 bits per heavy atom. The molecule has 0 aliphatic rings. The van der Waals surface area contributed by atoms with Gasteiger partial charge in [0.25, 0.3) is 0 Å². The van der Waals surface area contributed by atoms with Gasteiger partial charge in [0, 0.05) is 11.6 Å². The van der Waals surface area contributed by atoms with Crippen molar-refractivity contribution in [2.75, 3.05) is 14.2 Å². The summed E-state index contributed by atoms with van der Waals surface area (Å²) in [7, 11) is -0.966. The third-order valence-electron chi connectivity index (χ3n) is 4.28. The van der Waals surface area contributed by atoms with Crippen molar-refractivity contribution >= 4 is 10.0 Å². The van der Waals surface area contributed by atoms with Crippen molar-refractivity contribution in [1.29, 1.82) is 0 Å². The molecule has 0 saturated heterocycles. The molecule has 0 atom stereocenters. The molecular formula is C20H22N2O5S. The summed E-state index contributed by atoms with van der Waals surface area (Å²) in [6.45, 7) is 3.74. The molecule has 0 radical (unpaired) electrons. The highest BCUT2D eigenvalue weighted by molar-refractivity contribution is 7.89. The Balaban J connectivity index is 1.83. The molecule has 0 amide bonds. The predicted molar refractivity (Wildman–Crippen MR) is 105 cm³/mol. The first kappa shape index (κ1) is 19.9. The van der Waals surface area contributed by atoms with Gasteiger partial charge in [-0.25, -0.2) is 18.1 Å². The van der Waals surface area contributed by atoms with Gasteiger partial charge in [0.05, 0.1) is 26.5 Å². The molecule has 2 aromatic carbocycles. The molecule has 1 heterocycles. The molecule has 1 N–H and O–H groups in total. The van der Waals surface area contributed by atoms with E-state index in [1.54, 1.807) is 19.1 Å². The molecule has 0 fully saturated rings. The standard InChI is InChI=1S/C20H22N2O5S/c1-13-5-7-15(8-6-13)20-22-17(14(2)27-20)12-21-28(23,24)19-11-16(25-3)9-10-18(19)26-4/h5-11,21H,12H2,1-4H3. The maximum Gasteiger partial charge on any atom is 0.244 e. The summed E-state index contributed by atoms with van der Waals surface area (Å²) in [4.78, 5) is 4.43. The number of nitrogens with zero attached hydrogens (tertiary/aromatic N) is 1. The van der Waals surface area contributed by atoms with Crippen molar-refractivity contribution < 1.29 is 22.3 Å². The number of aryl methyl sites for hydroxylation is 2. The number of benzene rings is 2. The lowest BCUT2D eigenvalue weighted by Crippen LogP contribution is -2.24. The summed E-state index contributed by atoms with van der Waals surface area (Å²) in [6, 6.07) is 12.3. The van der Waals surface area contributed by atoms with E-state index in [0.29, 0.717) is 23.1 Å². The van der Waals surface area contributed by atoms with E-state index in [9.17, 15) is 8.42 Å². The van der Waals surface area contributed by atoms with E-state index in [1.807, 2.05) is 31.2 Å². The molecule has 0 unspecified atom stereocenters. The Labute approximate surface area is 164 Å². The summed E-state index contributed by atoms with van der Waals surface area (Å²) in [5, 5.41) is 0. The number of hydrogen-bond acceptors (Lipinski definition) is 6. The van der Waals surface area contributed by atoms with Crippen LogP contribution in [-0.2, 0) is 16.6 Å². The number of nitrogens with one attached hydrogen (secondary N) is 1. The van der Waals surface area contributed by atoms with Crippen LogP contribution in [0.1, 0.15) is 17.0 Å². The van der Waals surface area contributed by atoms with Gasteiger partial charge in [-0.3, -0.25) is 0 Å². The Kier molecular flexibility index (Phi) is 5.71. The van der Waals surface area contributed by atoms with E-state index in [4.69, 9.17) is 13.9 Å². The van der Waals surface area contributed by atoms with Gasteiger partial charge in [-0.2, -0.15) is 0 Å². The van der Waals surface area contributed by atoms with Crippen LogP contribution in [0.25, 0.3) is 11.5 Å². The molecule has 3 aromatic rings. The van der Waals surface area contributed by atoms with Gasteiger partial charge in [0.2, 0.25) is 15.9 Å². The second-order valence-electron chi connectivity index (χ2n) is 6.23. The Morgan fingerprint density at radius 3 is 2.39 bits per heavy atom. The first-order valence-electron chi connectivity index (χ1n) is 8.59. The summed E-state index contributed by atoms with van der Waals surface area (Å²) < 4.78 is 44.1. The van der Waals surface area contributed by atoms with Crippen LogP contribution in [0.2, 0.25) is 0 Å². The zero-order chi connectivity index (χ0) is 20.3. The van der Waals surface area contributed by atoms with Crippen molar-refractivity contribution in [3.8, 4) is 23.0 Å². The molecule has 0 bridgehead atoms.